The van der Waals surface area contributed by atoms with Gasteiger partial charge in [-0.25, -0.2) is 0 Å². The topological polar surface area (TPSA) is 59.4 Å². The van der Waals surface area contributed by atoms with E-state index in [1.54, 1.807) is 16.0 Å². The van der Waals surface area contributed by atoms with Crippen LogP contribution in [-0.2, 0) is 16.6 Å². The third-order valence-electron chi connectivity index (χ3n) is 5.17. The predicted octanol–water partition coefficient (Wildman–Crippen LogP) is 1.77. The van der Waals surface area contributed by atoms with Crippen LogP contribution < -0.4 is 5.32 Å². The number of aryl methyl sites for hydroxylation is 1. The van der Waals surface area contributed by atoms with Crippen LogP contribution in [0.3, 0.4) is 0 Å². The number of carbonyl (C=O) groups excluding carboxylic acids is 1. The molecule has 0 aliphatic carbocycles. The lowest BCUT2D eigenvalue weighted by atomic mass is 9.89. The summed E-state index contributed by atoms with van der Waals surface area (Å²) in [7, 11) is 1.91. The van der Waals surface area contributed by atoms with Gasteiger partial charge >= 0.3 is 0 Å². The van der Waals surface area contributed by atoms with E-state index < -0.39 is 0 Å². The van der Waals surface area contributed by atoms with Crippen LogP contribution >= 0.6 is 11.3 Å². The van der Waals surface area contributed by atoms with Gasteiger partial charge in [-0.2, -0.15) is 16.4 Å². The molecule has 134 valence electrons. The number of hydrogen-bond acceptors (Lipinski definition) is 5. The first-order chi connectivity index (χ1) is 12.1. The fourth-order valence-electron chi connectivity index (χ4n) is 3.93. The van der Waals surface area contributed by atoms with Crippen LogP contribution in [0.5, 0.6) is 0 Å². The Morgan fingerprint density at radius 3 is 2.96 bits per heavy atom. The summed E-state index contributed by atoms with van der Waals surface area (Å²) in [4.78, 5) is 15.3. The number of rotatable bonds is 3. The van der Waals surface area contributed by atoms with E-state index in [9.17, 15) is 4.79 Å². The zero-order chi connectivity index (χ0) is 17.4. The van der Waals surface area contributed by atoms with Gasteiger partial charge in [-0.05, 0) is 34.9 Å². The van der Waals surface area contributed by atoms with E-state index in [2.05, 4.69) is 27.2 Å². The fraction of sp³-hybridized carbons (Fsp3) is 0.556. The third-order valence-corrected chi connectivity index (χ3v) is 5.87. The van der Waals surface area contributed by atoms with Crippen molar-refractivity contribution in [1.29, 1.82) is 0 Å². The maximum absolute atomic E-state index is 13.3. The highest BCUT2D eigenvalue weighted by Gasteiger charge is 2.39. The molecule has 0 radical (unpaired) electrons. The van der Waals surface area contributed by atoms with E-state index in [1.165, 1.54) is 5.56 Å². The maximum atomic E-state index is 13.3. The van der Waals surface area contributed by atoms with Crippen molar-refractivity contribution < 1.29 is 9.53 Å². The van der Waals surface area contributed by atoms with E-state index in [0.29, 0.717) is 13.1 Å². The normalized spacial score (nSPS) is 29.9. The summed E-state index contributed by atoms with van der Waals surface area (Å²) in [6.07, 6.45) is 3.93. The van der Waals surface area contributed by atoms with Crippen molar-refractivity contribution >= 4 is 17.2 Å². The number of thiophene rings is 1. The van der Waals surface area contributed by atoms with E-state index in [1.807, 2.05) is 31.3 Å². The number of nitrogens with zero attached hydrogens (tertiary/aromatic N) is 3. The van der Waals surface area contributed by atoms with Crippen LogP contribution in [0.1, 0.15) is 30.1 Å². The van der Waals surface area contributed by atoms with Crippen molar-refractivity contribution in [2.75, 3.05) is 26.2 Å². The lowest BCUT2D eigenvalue weighted by molar-refractivity contribution is -0.148. The van der Waals surface area contributed by atoms with Gasteiger partial charge in [0.1, 0.15) is 6.10 Å². The number of carbonyl (C=O) groups is 1. The molecule has 0 spiro atoms. The van der Waals surface area contributed by atoms with Gasteiger partial charge in [-0.1, -0.05) is 0 Å². The number of amides is 1. The Bertz CT molecular complexity index is 729. The molecule has 0 aromatic carbocycles. The predicted molar refractivity (Wildman–Crippen MR) is 96.5 cm³/mol. The van der Waals surface area contributed by atoms with Gasteiger partial charge in [-0.3, -0.25) is 9.48 Å². The number of morpholine rings is 1. The van der Waals surface area contributed by atoms with E-state index in [-0.39, 0.29) is 30.0 Å². The number of nitrogens with one attached hydrogen (secondary N) is 1. The molecule has 1 amide bonds. The first-order valence-corrected chi connectivity index (χ1v) is 9.71. The highest BCUT2D eigenvalue weighted by atomic mass is 32.1. The summed E-state index contributed by atoms with van der Waals surface area (Å²) < 4.78 is 7.88. The zero-order valence-corrected chi connectivity index (χ0v) is 15.4. The molecule has 2 aliphatic rings. The fourth-order valence-corrected chi connectivity index (χ4v) is 4.63. The highest BCUT2D eigenvalue weighted by molar-refractivity contribution is 7.07. The molecule has 4 atom stereocenters. The molecule has 0 bridgehead atoms. The minimum atomic E-state index is -0.0300. The summed E-state index contributed by atoms with van der Waals surface area (Å²) in [6.45, 7) is 4.90. The van der Waals surface area contributed by atoms with E-state index >= 15 is 0 Å². The molecular weight excluding hydrogens is 336 g/mol. The molecule has 2 aromatic rings. The van der Waals surface area contributed by atoms with Crippen LogP contribution in [0, 0.1) is 5.92 Å². The molecule has 6 nitrogen and oxygen atoms in total. The Labute approximate surface area is 151 Å². The van der Waals surface area contributed by atoms with Crippen molar-refractivity contribution in [2.45, 2.75) is 25.0 Å². The van der Waals surface area contributed by atoms with Crippen molar-refractivity contribution in [1.82, 2.24) is 20.0 Å². The monoisotopic (exact) mass is 360 g/mol. The van der Waals surface area contributed by atoms with Crippen LogP contribution in [0.4, 0.5) is 0 Å². The minimum absolute atomic E-state index is 0.0230. The Balaban J connectivity index is 1.51. The number of hydrogen-bond donors (Lipinski definition) is 1. The molecule has 4 heterocycles. The first kappa shape index (κ1) is 16.8. The lowest BCUT2D eigenvalue weighted by Crippen LogP contribution is -2.49. The summed E-state index contributed by atoms with van der Waals surface area (Å²) in [5.41, 5.74) is 2.31. The molecule has 2 fully saturated rings. The molecule has 2 unspecified atom stereocenters. The summed E-state index contributed by atoms with van der Waals surface area (Å²) in [5.74, 6) is 0.394. The Hall–Kier alpha value is -1.70. The van der Waals surface area contributed by atoms with Crippen molar-refractivity contribution in [2.24, 2.45) is 13.0 Å². The van der Waals surface area contributed by atoms with Crippen LogP contribution in [0.2, 0.25) is 0 Å². The number of ether oxygens (including phenoxy) is 1. The van der Waals surface area contributed by atoms with Crippen molar-refractivity contribution in [3.05, 3.63) is 40.3 Å². The molecule has 0 saturated carbocycles. The average Bonchev–Trinajstić information content (AvgIpc) is 3.34. The van der Waals surface area contributed by atoms with E-state index in [4.69, 9.17) is 4.74 Å². The SMILES string of the molecule is CC1CN(C(=O)[C@H]2CNC[C@@H]2c2cnn(C)c2)CC(c2ccsc2)O1. The molecule has 2 saturated heterocycles. The Morgan fingerprint density at radius 2 is 2.24 bits per heavy atom. The van der Waals surface area contributed by atoms with Gasteiger partial charge in [-0.15, -0.1) is 0 Å². The van der Waals surface area contributed by atoms with Gasteiger partial charge in [0.05, 0.1) is 24.8 Å². The van der Waals surface area contributed by atoms with Gasteiger partial charge < -0.3 is 15.0 Å². The van der Waals surface area contributed by atoms with Crippen molar-refractivity contribution in [3.8, 4) is 0 Å². The number of aromatic nitrogens is 2. The first-order valence-electron chi connectivity index (χ1n) is 8.77. The smallest absolute Gasteiger partial charge is 0.227 e. The average molecular weight is 360 g/mol. The largest absolute Gasteiger partial charge is 0.367 e. The lowest BCUT2D eigenvalue weighted by Gasteiger charge is -2.38. The zero-order valence-electron chi connectivity index (χ0n) is 14.6. The van der Waals surface area contributed by atoms with Crippen LogP contribution in [0.15, 0.2) is 29.2 Å². The molecule has 1 N–H and O–H groups in total. The molecular formula is C18H24N4O2S. The summed E-state index contributed by atoms with van der Waals surface area (Å²) in [6, 6.07) is 2.09. The minimum Gasteiger partial charge on any atom is -0.367 e. The highest BCUT2D eigenvalue weighted by Crippen LogP contribution is 2.32. The van der Waals surface area contributed by atoms with Crippen LogP contribution in [0.25, 0.3) is 0 Å². The Morgan fingerprint density at radius 1 is 1.36 bits per heavy atom. The second-order valence-corrected chi connectivity index (χ2v) is 7.83. The molecule has 2 aliphatic heterocycles. The standard InChI is InChI=1S/C18H24N4O2S/c1-12-8-22(10-17(24-12)13-3-4-25-11-13)18(23)16-7-19-6-15(16)14-5-20-21(2)9-14/h3-5,9,11-12,15-17,19H,6-8,10H2,1-2H3/t12?,15-,16+,17?/m1/s1. The second-order valence-electron chi connectivity index (χ2n) is 7.05. The molecule has 4 rings (SSSR count). The third kappa shape index (κ3) is 3.36. The molecule has 7 heteroatoms. The van der Waals surface area contributed by atoms with Gasteiger partial charge in [0.25, 0.3) is 0 Å². The maximum Gasteiger partial charge on any atom is 0.227 e. The Kier molecular flexibility index (Phi) is 4.62. The van der Waals surface area contributed by atoms with Gasteiger partial charge in [0.15, 0.2) is 0 Å². The van der Waals surface area contributed by atoms with E-state index in [0.717, 1.165) is 18.7 Å². The van der Waals surface area contributed by atoms with Gasteiger partial charge in [0, 0.05) is 38.8 Å². The van der Waals surface area contributed by atoms with Gasteiger partial charge in [0.2, 0.25) is 5.91 Å². The van der Waals surface area contributed by atoms with Crippen LogP contribution in [-0.4, -0.2) is 52.9 Å². The summed E-state index contributed by atoms with van der Waals surface area (Å²) >= 11 is 1.67. The quantitative estimate of drug-likeness (QED) is 0.906. The summed E-state index contributed by atoms with van der Waals surface area (Å²) in [5, 5.41) is 11.8. The molecule has 25 heavy (non-hydrogen) atoms. The van der Waals surface area contributed by atoms with Crippen molar-refractivity contribution in [3.63, 3.8) is 0 Å². The molecule has 2 aromatic heterocycles. The second kappa shape index (κ2) is 6.90.